The number of hydrogen-bond donors (Lipinski definition) is 1. The van der Waals surface area contributed by atoms with Crippen LogP contribution in [0.1, 0.15) is 12.8 Å². The molecule has 0 radical (unpaired) electrons. The first-order chi connectivity index (χ1) is 5.78. The number of aliphatic hydroxyl groups is 1. The van der Waals surface area contributed by atoms with Gasteiger partial charge in [0.05, 0.1) is 5.97 Å². The SMILES string of the molecule is O=C([O-])CC(O)(CC(=O)[O-])C(=O)[O-].[Pu]. The predicted molar refractivity (Wildman–Crippen MR) is 29.2 cm³/mol. The van der Waals surface area contributed by atoms with Gasteiger partial charge in [-0.05, 0) is 0 Å². The Kier molecular flexibility index (Phi) is 6.73. The van der Waals surface area contributed by atoms with Gasteiger partial charge in [-0.15, -0.1) is 0 Å². The quantitative estimate of drug-likeness (QED) is 0.457. The van der Waals surface area contributed by atoms with Gasteiger partial charge in [-0.25, -0.2) is 0 Å². The summed E-state index contributed by atoms with van der Waals surface area (Å²) < 4.78 is 0. The molecule has 80 valence electrons. The summed E-state index contributed by atoms with van der Waals surface area (Å²) in [5, 5.41) is 38.9. The first-order valence-corrected chi connectivity index (χ1v) is 3.11. The van der Waals surface area contributed by atoms with Gasteiger partial charge in [0.15, 0.2) is 0 Å². The molecule has 0 amide bonds. The second-order valence-electron chi connectivity index (χ2n) is 2.42. The Morgan fingerprint density at radius 2 is 1.29 bits per heavy atom. The van der Waals surface area contributed by atoms with Crippen LogP contribution >= 0.6 is 0 Å². The summed E-state index contributed by atoms with van der Waals surface area (Å²) in [7, 11) is 0. The molecule has 0 bridgehead atoms. The van der Waals surface area contributed by atoms with Crippen LogP contribution in [0.2, 0.25) is 0 Å². The summed E-state index contributed by atoms with van der Waals surface area (Å²) in [4.78, 5) is 30.0. The van der Waals surface area contributed by atoms with Crippen LogP contribution in [0.15, 0.2) is 0 Å². The Bertz CT molecular complexity index is 233. The van der Waals surface area contributed by atoms with E-state index in [9.17, 15) is 29.7 Å². The van der Waals surface area contributed by atoms with Crippen molar-refractivity contribution in [2.24, 2.45) is 0 Å². The zero-order chi connectivity index (χ0) is 10.6. The van der Waals surface area contributed by atoms with Crippen LogP contribution in [-0.4, -0.2) is 28.6 Å². The second kappa shape index (κ2) is 5.96. The zero-order valence-corrected chi connectivity index (χ0v) is 10.1. The van der Waals surface area contributed by atoms with Crippen LogP contribution in [-0.2, 0) is 14.4 Å². The van der Waals surface area contributed by atoms with E-state index in [1.807, 2.05) is 0 Å². The van der Waals surface area contributed by atoms with Crippen molar-refractivity contribution in [2.75, 3.05) is 0 Å². The van der Waals surface area contributed by atoms with Crippen molar-refractivity contribution in [1.82, 2.24) is 0 Å². The van der Waals surface area contributed by atoms with Crippen molar-refractivity contribution >= 4 is 17.9 Å². The topological polar surface area (TPSA) is 141 Å². The number of carbonyl (C=O) groups excluding carboxylic acids is 3. The van der Waals surface area contributed by atoms with Crippen LogP contribution in [0, 0.1) is 29.2 Å². The largest absolute Gasteiger partial charge is 0.550 e. The molecule has 0 aliphatic heterocycles. The van der Waals surface area contributed by atoms with E-state index in [1.165, 1.54) is 0 Å². The van der Waals surface area contributed by atoms with Crippen molar-refractivity contribution < 1.29 is 64.0 Å². The molecule has 0 unspecified atom stereocenters. The van der Waals surface area contributed by atoms with Gasteiger partial charge >= 0.3 is 0 Å². The maximum absolute atomic E-state index is 10.1. The minimum absolute atomic E-state index is 0. The van der Waals surface area contributed by atoms with Crippen molar-refractivity contribution in [3.8, 4) is 0 Å². The fourth-order valence-corrected chi connectivity index (χ4v) is 0.684. The average Bonchev–Trinajstić information content (AvgIpc) is 1.82. The Balaban J connectivity index is 0. The van der Waals surface area contributed by atoms with E-state index in [-0.39, 0.29) is 29.2 Å². The molecule has 0 aliphatic carbocycles. The predicted octanol–water partition coefficient (Wildman–Crippen LogP) is -5.25. The van der Waals surface area contributed by atoms with Crippen LogP contribution in [0.4, 0.5) is 0 Å². The van der Waals surface area contributed by atoms with E-state index in [2.05, 4.69) is 0 Å². The van der Waals surface area contributed by atoms with Crippen LogP contribution in [0.3, 0.4) is 0 Å². The summed E-state index contributed by atoms with van der Waals surface area (Å²) in [5.74, 6) is -5.98. The molecule has 14 heavy (non-hydrogen) atoms. The Hall–Kier alpha value is -0.643. The standard InChI is InChI=1S/C6H8O7.Pu/c7-3(8)1-6(13,5(11)12)2-4(9)10;/h13H,1-2H2,(H,7,8)(H,9,10)(H,11,12);/p-3. The van der Waals surface area contributed by atoms with E-state index in [0.717, 1.165) is 0 Å². The van der Waals surface area contributed by atoms with E-state index >= 15 is 0 Å². The zero-order valence-electron chi connectivity index (χ0n) is 6.72. The van der Waals surface area contributed by atoms with Crippen molar-refractivity contribution in [1.29, 1.82) is 0 Å². The van der Waals surface area contributed by atoms with Crippen molar-refractivity contribution in [2.45, 2.75) is 18.4 Å². The third kappa shape index (κ3) is 5.17. The molecule has 0 aliphatic rings. The number of carboxylic acid groups (broad SMARTS) is 3. The Morgan fingerprint density at radius 3 is 1.43 bits per heavy atom. The molecule has 0 rings (SSSR count). The van der Waals surface area contributed by atoms with Crippen LogP contribution in [0.5, 0.6) is 0 Å². The maximum atomic E-state index is 10.1. The van der Waals surface area contributed by atoms with E-state index < -0.39 is 36.4 Å². The summed E-state index contributed by atoms with van der Waals surface area (Å²) in [6.07, 6.45) is -2.72. The first-order valence-electron chi connectivity index (χ1n) is 3.11. The van der Waals surface area contributed by atoms with E-state index in [1.54, 1.807) is 0 Å². The van der Waals surface area contributed by atoms with Gasteiger partial charge in [0.1, 0.15) is 5.60 Å². The molecule has 0 spiro atoms. The molecule has 0 fully saturated rings. The molecular weight excluding hydrogens is 428 g/mol. The molecule has 7 nitrogen and oxygen atoms in total. The van der Waals surface area contributed by atoms with E-state index in [0.29, 0.717) is 0 Å². The maximum Gasteiger partial charge on any atom is 0.114 e. The summed E-state index contributed by atoms with van der Waals surface area (Å²) >= 11 is 0. The molecular formula is C6H5O7Pu-3. The molecule has 0 atom stereocenters. The number of aliphatic carboxylic acids is 3. The molecule has 1 N–H and O–H groups in total. The number of rotatable bonds is 5. The summed E-state index contributed by atoms with van der Waals surface area (Å²) in [6, 6.07) is 0. The molecule has 8 heteroatoms. The minimum atomic E-state index is -2.97. The molecule has 0 aromatic rings. The van der Waals surface area contributed by atoms with Gasteiger partial charge in [-0.1, -0.05) is 0 Å². The summed E-state index contributed by atoms with van der Waals surface area (Å²) in [5.41, 5.74) is -2.97. The number of carboxylic acids is 3. The van der Waals surface area contributed by atoms with Gasteiger partial charge in [-0.3, -0.25) is 0 Å². The molecule has 0 heterocycles. The number of hydrogen-bond acceptors (Lipinski definition) is 7. The number of carbonyl (C=O) groups is 3. The monoisotopic (exact) mass is 427 g/mol. The normalized spacial score (nSPS) is 10.1. The third-order valence-corrected chi connectivity index (χ3v) is 1.25. The van der Waals surface area contributed by atoms with Gasteiger partial charge in [-0.2, -0.15) is 0 Å². The fourth-order valence-electron chi connectivity index (χ4n) is 0.684. The second-order valence-corrected chi connectivity index (χ2v) is 2.42. The average molecular weight is 433 g/mol. The summed E-state index contributed by atoms with van der Waals surface area (Å²) in [6.45, 7) is 0. The Labute approximate surface area is 100 Å². The molecule has 0 saturated heterocycles. The van der Waals surface area contributed by atoms with Crippen LogP contribution in [0.25, 0.3) is 0 Å². The Morgan fingerprint density at radius 1 is 1.00 bits per heavy atom. The molecule has 0 aromatic carbocycles. The van der Waals surface area contributed by atoms with Gasteiger partial charge < -0.3 is 34.8 Å². The third-order valence-electron chi connectivity index (χ3n) is 1.25. The van der Waals surface area contributed by atoms with Gasteiger partial charge in [0.25, 0.3) is 0 Å². The fraction of sp³-hybridized carbons (Fsp3) is 0.500. The van der Waals surface area contributed by atoms with Crippen LogP contribution < -0.4 is 15.3 Å². The smallest absolute Gasteiger partial charge is 0.114 e. The molecule has 0 saturated carbocycles. The van der Waals surface area contributed by atoms with E-state index in [4.69, 9.17) is 5.11 Å². The van der Waals surface area contributed by atoms with Crippen molar-refractivity contribution in [3.05, 3.63) is 0 Å². The van der Waals surface area contributed by atoms with Gasteiger partial charge in [0.2, 0.25) is 0 Å². The first kappa shape index (κ1) is 15.8. The minimum Gasteiger partial charge on any atom is -0.550 e. The molecule has 0 aromatic heterocycles. The van der Waals surface area contributed by atoms with Gasteiger partial charge in [0, 0.05) is 54.0 Å². The van der Waals surface area contributed by atoms with Crippen molar-refractivity contribution in [3.63, 3.8) is 0 Å².